The van der Waals surface area contributed by atoms with Gasteiger partial charge in [0.2, 0.25) is 5.91 Å². The van der Waals surface area contributed by atoms with Crippen molar-refractivity contribution in [2.24, 2.45) is 11.3 Å². The molecule has 9 nitrogen and oxygen atoms in total. The summed E-state index contributed by atoms with van der Waals surface area (Å²) in [5.41, 5.74) is 2.34. The Morgan fingerprint density at radius 1 is 1.05 bits per heavy atom. The molecule has 2 heterocycles. The molecule has 0 atom stereocenters. The molecule has 0 unspecified atom stereocenters. The zero-order chi connectivity index (χ0) is 30.2. The van der Waals surface area contributed by atoms with Gasteiger partial charge in [-0.2, -0.15) is 13.2 Å². The quantitative estimate of drug-likeness (QED) is 0.333. The van der Waals surface area contributed by atoms with Gasteiger partial charge in [-0.15, -0.1) is 0 Å². The van der Waals surface area contributed by atoms with E-state index >= 15 is 0 Å². The Bertz CT molecular complexity index is 1200. The van der Waals surface area contributed by atoms with Crippen LogP contribution in [0.4, 0.5) is 18.9 Å². The third-order valence-corrected chi connectivity index (χ3v) is 7.39. The summed E-state index contributed by atoms with van der Waals surface area (Å²) in [7, 11) is 0. The Labute approximate surface area is 237 Å². The van der Waals surface area contributed by atoms with Gasteiger partial charge in [0.05, 0.1) is 18.0 Å². The van der Waals surface area contributed by atoms with E-state index in [1.165, 1.54) is 17.7 Å². The number of rotatable bonds is 8. The van der Waals surface area contributed by atoms with E-state index in [4.69, 9.17) is 14.6 Å². The van der Waals surface area contributed by atoms with Crippen LogP contribution in [0.2, 0.25) is 0 Å². The molecule has 1 N–H and O–H groups in total. The summed E-state index contributed by atoms with van der Waals surface area (Å²) in [6, 6.07) is 14.6. The first-order valence-corrected chi connectivity index (χ1v) is 13.5. The standard InChI is InChI=1S/C27H35N3O4.C2HF3O2/c1-21(2)19-34-25-6-4-3-5-23(25)18-28-14-11-27(12-15-28)13-16-29(20-27)26(31)17-22-7-9-24(10-8-22)30(32)33;3-2(4,5)1(6)7/h3-10,21H,11-20H2,1-2H3;(H,6,7). The molecule has 0 bridgehead atoms. The first-order valence-electron chi connectivity index (χ1n) is 13.5. The number of piperidine rings is 1. The molecule has 2 aromatic carbocycles. The summed E-state index contributed by atoms with van der Waals surface area (Å²) in [6.07, 6.45) is -1.53. The van der Waals surface area contributed by atoms with Crippen LogP contribution in [-0.2, 0) is 22.6 Å². The minimum absolute atomic E-state index is 0.0530. The van der Waals surface area contributed by atoms with E-state index in [0.717, 1.165) is 69.9 Å². The van der Waals surface area contributed by atoms with Gasteiger partial charge >= 0.3 is 12.1 Å². The van der Waals surface area contributed by atoms with E-state index in [1.54, 1.807) is 12.1 Å². The van der Waals surface area contributed by atoms with Crippen molar-refractivity contribution in [2.45, 2.75) is 52.3 Å². The van der Waals surface area contributed by atoms with Gasteiger partial charge in [-0.1, -0.05) is 44.2 Å². The Kier molecular flexibility index (Phi) is 10.7. The molecule has 0 aliphatic carbocycles. The number of nitro groups is 1. The molecule has 1 spiro atoms. The van der Waals surface area contributed by atoms with Gasteiger partial charge in [0.25, 0.3) is 5.69 Å². The molecule has 2 saturated heterocycles. The number of hydrogen-bond donors (Lipinski definition) is 1. The first-order chi connectivity index (χ1) is 19.3. The maximum Gasteiger partial charge on any atom is 0.490 e. The van der Waals surface area contributed by atoms with Gasteiger partial charge in [-0.05, 0) is 55.3 Å². The smallest absolute Gasteiger partial charge is 0.490 e. The number of halogens is 3. The van der Waals surface area contributed by atoms with Crippen LogP contribution in [0.3, 0.4) is 0 Å². The largest absolute Gasteiger partial charge is 0.493 e. The number of nitrogens with zero attached hydrogens (tertiary/aromatic N) is 3. The number of non-ortho nitro benzene ring substituents is 1. The van der Waals surface area contributed by atoms with Crippen LogP contribution in [0.5, 0.6) is 5.75 Å². The topological polar surface area (TPSA) is 113 Å². The summed E-state index contributed by atoms with van der Waals surface area (Å²) in [4.78, 5) is 36.7. The lowest BCUT2D eigenvalue weighted by molar-refractivity contribution is -0.384. The molecule has 2 fully saturated rings. The molecule has 41 heavy (non-hydrogen) atoms. The zero-order valence-electron chi connectivity index (χ0n) is 23.2. The molecule has 12 heteroatoms. The lowest BCUT2D eigenvalue weighted by Gasteiger charge is -2.39. The number of hydrogen-bond acceptors (Lipinski definition) is 6. The minimum atomic E-state index is -5.08. The fraction of sp³-hybridized carbons (Fsp3) is 0.517. The van der Waals surface area contributed by atoms with Crippen LogP contribution < -0.4 is 4.74 Å². The highest BCUT2D eigenvalue weighted by Crippen LogP contribution is 2.41. The van der Waals surface area contributed by atoms with Gasteiger partial charge in [0.15, 0.2) is 0 Å². The lowest BCUT2D eigenvalue weighted by atomic mass is 9.77. The summed E-state index contributed by atoms with van der Waals surface area (Å²) in [5.74, 6) is -1.16. The number of carbonyl (C=O) groups is 2. The van der Waals surface area contributed by atoms with Crippen molar-refractivity contribution >= 4 is 17.6 Å². The molecule has 4 rings (SSSR count). The fourth-order valence-electron chi connectivity index (χ4n) is 5.04. The van der Waals surface area contributed by atoms with Crippen LogP contribution in [-0.4, -0.2) is 70.7 Å². The number of para-hydroxylation sites is 1. The van der Waals surface area contributed by atoms with E-state index < -0.39 is 17.1 Å². The molecule has 2 aliphatic rings. The van der Waals surface area contributed by atoms with Crippen molar-refractivity contribution in [1.82, 2.24) is 9.80 Å². The molecule has 2 aliphatic heterocycles. The van der Waals surface area contributed by atoms with E-state index in [9.17, 15) is 28.1 Å². The number of ether oxygens (including phenoxy) is 1. The second kappa shape index (κ2) is 13.8. The Balaban J connectivity index is 0.000000587. The van der Waals surface area contributed by atoms with E-state index in [1.807, 2.05) is 11.0 Å². The SMILES string of the molecule is CC(C)COc1ccccc1CN1CCC2(CC1)CCN(C(=O)Cc1ccc([N+](=O)[O-])cc1)C2.O=C(O)C(F)(F)F. The van der Waals surface area contributed by atoms with Crippen LogP contribution >= 0.6 is 0 Å². The highest BCUT2D eigenvalue weighted by atomic mass is 19.4. The van der Waals surface area contributed by atoms with E-state index in [0.29, 0.717) is 12.3 Å². The maximum absolute atomic E-state index is 12.9. The number of alkyl halides is 3. The highest BCUT2D eigenvalue weighted by molar-refractivity contribution is 5.79. The first kappa shape index (κ1) is 31.9. The molecule has 224 valence electrons. The van der Waals surface area contributed by atoms with Crippen LogP contribution in [0.1, 0.15) is 44.2 Å². The molecule has 0 radical (unpaired) electrons. The number of carboxylic acid groups (broad SMARTS) is 1. The normalized spacial score (nSPS) is 16.8. The Hall–Kier alpha value is -3.67. The average Bonchev–Trinajstić information content (AvgIpc) is 3.33. The fourth-order valence-corrected chi connectivity index (χ4v) is 5.04. The predicted molar refractivity (Wildman–Crippen MR) is 145 cm³/mol. The number of carbonyl (C=O) groups excluding carboxylic acids is 1. The molecule has 0 aromatic heterocycles. The highest BCUT2D eigenvalue weighted by Gasteiger charge is 2.42. The van der Waals surface area contributed by atoms with E-state index in [2.05, 4.69) is 36.9 Å². The van der Waals surface area contributed by atoms with Gasteiger partial charge < -0.3 is 14.7 Å². The summed E-state index contributed by atoms with van der Waals surface area (Å²) in [5, 5.41) is 18.0. The number of benzene rings is 2. The minimum Gasteiger partial charge on any atom is -0.493 e. The monoisotopic (exact) mass is 579 g/mol. The van der Waals surface area contributed by atoms with Crippen molar-refractivity contribution in [1.29, 1.82) is 0 Å². The third kappa shape index (κ3) is 9.44. The summed E-state index contributed by atoms with van der Waals surface area (Å²) in [6.45, 7) is 9.63. The maximum atomic E-state index is 12.9. The van der Waals surface area contributed by atoms with Crippen molar-refractivity contribution in [3.63, 3.8) is 0 Å². The number of aliphatic carboxylic acids is 1. The molecule has 1 amide bonds. The summed E-state index contributed by atoms with van der Waals surface area (Å²) < 4.78 is 37.8. The second-order valence-corrected chi connectivity index (χ2v) is 11.1. The lowest BCUT2D eigenvalue weighted by Crippen LogP contribution is -2.42. The number of amides is 1. The third-order valence-electron chi connectivity index (χ3n) is 7.39. The molecular formula is C29H36F3N3O6. The van der Waals surface area contributed by atoms with Gasteiger partial charge in [0, 0.05) is 37.3 Å². The van der Waals surface area contributed by atoms with Crippen LogP contribution in [0, 0.1) is 21.4 Å². The number of nitro benzene ring substituents is 1. The van der Waals surface area contributed by atoms with Gasteiger partial charge in [0.1, 0.15) is 5.75 Å². The van der Waals surface area contributed by atoms with Gasteiger partial charge in [-0.3, -0.25) is 19.8 Å². The molecular weight excluding hydrogens is 543 g/mol. The zero-order valence-corrected chi connectivity index (χ0v) is 23.2. The van der Waals surface area contributed by atoms with Crippen LogP contribution in [0.15, 0.2) is 48.5 Å². The van der Waals surface area contributed by atoms with Crippen molar-refractivity contribution in [3.8, 4) is 5.75 Å². The Morgan fingerprint density at radius 2 is 1.63 bits per heavy atom. The van der Waals surface area contributed by atoms with Crippen molar-refractivity contribution in [3.05, 3.63) is 69.8 Å². The average molecular weight is 580 g/mol. The van der Waals surface area contributed by atoms with Crippen molar-refractivity contribution < 1.29 is 37.5 Å². The number of likely N-dealkylation sites (tertiary alicyclic amines) is 2. The molecule has 0 saturated carbocycles. The predicted octanol–water partition coefficient (Wildman–Crippen LogP) is 5.32. The molecule has 2 aromatic rings. The van der Waals surface area contributed by atoms with Crippen molar-refractivity contribution in [2.75, 3.05) is 32.8 Å². The second-order valence-electron chi connectivity index (χ2n) is 11.1. The number of carboxylic acids is 1. The van der Waals surface area contributed by atoms with Crippen LogP contribution in [0.25, 0.3) is 0 Å². The summed E-state index contributed by atoms with van der Waals surface area (Å²) >= 11 is 0. The van der Waals surface area contributed by atoms with Gasteiger partial charge in [-0.25, -0.2) is 4.79 Å². The Morgan fingerprint density at radius 3 is 2.20 bits per heavy atom. The van der Waals surface area contributed by atoms with E-state index in [-0.39, 0.29) is 17.0 Å².